The first kappa shape index (κ1) is 11.5. The predicted octanol–water partition coefficient (Wildman–Crippen LogP) is 1.54. The first-order valence-electron chi connectivity index (χ1n) is 5.39. The molecule has 0 saturated carbocycles. The quantitative estimate of drug-likeness (QED) is 0.853. The van der Waals surface area contributed by atoms with E-state index in [-0.39, 0.29) is 0 Å². The van der Waals surface area contributed by atoms with Gasteiger partial charge in [0, 0.05) is 31.7 Å². The van der Waals surface area contributed by atoms with Gasteiger partial charge in [-0.05, 0) is 13.0 Å². The molecule has 0 unspecified atom stereocenters. The van der Waals surface area contributed by atoms with Gasteiger partial charge >= 0.3 is 0 Å². The first-order chi connectivity index (χ1) is 7.70. The molecule has 1 saturated heterocycles. The van der Waals surface area contributed by atoms with Gasteiger partial charge in [-0.25, -0.2) is 0 Å². The Hall–Kier alpha value is -1.00. The summed E-state index contributed by atoms with van der Waals surface area (Å²) in [6.45, 7) is 4.95. The summed E-state index contributed by atoms with van der Waals surface area (Å²) in [5.74, 6) is 1.42. The Kier molecular flexibility index (Phi) is 3.51. The van der Waals surface area contributed by atoms with Crippen molar-refractivity contribution in [2.75, 3.05) is 31.6 Å². The van der Waals surface area contributed by atoms with Gasteiger partial charge in [0.2, 0.25) is 5.88 Å². The number of rotatable bonds is 2. The molecular weight excluding hydrogens is 226 g/mol. The van der Waals surface area contributed by atoms with E-state index in [0.29, 0.717) is 16.9 Å². The van der Waals surface area contributed by atoms with E-state index in [1.165, 1.54) is 0 Å². The number of nitrogens with one attached hydrogen (secondary N) is 1. The molecule has 0 aliphatic carbocycles. The summed E-state index contributed by atoms with van der Waals surface area (Å²) in [6.07, 6.45) is 0. The molecule has 1 aliphatic rings. The Bertz CT molecular complexity index is 372. The highest BCUT2D eigenvalue weighted by Crippen LogP contribution is 2.26. The lowest BCUT2D eigenvalue weighted by Crippen LogP contribution is -2.49. The largest absolute Gasteiger partial charge is 0.481 e. The van der Waals surface area contributed by atoms with Crippen molar-refractivity contribution < 1.29 is 4.74 Å². The van der Waals surface area contributed by atoms with E-state index in [2.05, 4.69) is 22.1 Å². The van der Waals surface area contributed by atoms with Crippen LogP contribution in [-0.4, -0.2) is 37.8 Å². The number of halogens is 1. The van der Waals surface area contributed by atoms with Crippen LogP contribution in [0.2, 0.25) is 5.02 Å². The van der Waals surface area contributed by atoms with E-state index in [9.17, 15) is 0 Å². The Morgan fingerprint density at radius 3 is 3.06 bits per heavy atom. The number of ether oxygens (including phenoxy) is 1. The summed E-state index contributed by atoms with van der Waals surface area (Å²) in [4.78, 5) is 6.58. The maximum atomic E-state index is 6.15. The number of hydrogen-bond acceptors (Lipinski definition) is 4. The number of methoxy groups -OCH3 is 1. The second kappa shape index (κ2) is 4.89. The van der Waals surface area contributed by atoms with E-state index < -0.39 is 0 Å². The monoisotopic (exact) mass is 241 g/mol. The highest BCUT2D eigenvalue weighted by molar-refractivity contribution is 6.33. The fourth-order valence-corrected chi connectivity index (χ4v) is 2.10. The minimum atomic E-state index is 0.456. The Labute approximate surface area is 101 Å². The lowest BCUT2D eigenvalue weighted by atomic mass is 10.2. The first-order valence-corrected chi connectivity index (χ1v) is 5.77. The van der Waals surface area contributed by atoms with Crippen molar-refractivity contribution in [2.24, 2.45) is 0 Å². The van der Waals surface area contributed by atoms with E-state index >= 15 is 0 Å². The van der Waals surface area contributed by atoms with Gasteiger partial charge in [-0.1, -0.05) is 11.6 Å². The molecule has 1 N–H and O–H groups in total. The maximum Gasteiger partial charge on any atom is 0.214 e. The summed E-state index contributed by atoms with van der Waals surface area (Å²) < 4.78 is 5.12. The highest BCUT2D eigenvalue weighted by Gasteiger charge is 2.19. The average molecular weight is 242 g/mol. The van der Waals surface area contributed by atoms with Gasteiger partial charge in [-0.3, -0.25) is 0 Å². The molecule has 1 atom stereocenters. The Morgan fingerprint density at radius 2 is 2.38 bits per heavy atom. The summed E-state index contributed by atoms with van der Waals surface area (Å²) in [5.41, 5.74) is 0. The maximum absolute atomic E-state index is 6.15. The predicted molar refractivity (Wildman–Crippen MR) is 65.5 cm³/mol. The molecule has 16 heavy (non-hydrogen) atoms. The summed E-state index contributed by atoms with van der Waals surface area (Å²) in [5, 5.41) is 4.06. The summed E-state index contributed by atoms with van der Waals surface area (Å²) in [6, 6.07) is 4.06. The van der Waals surface area contributed by atoms with Crippen LogP contribution in [0.25, 0.3) is 0 Å². The molecule has 4 nitrogen and oxygen atoms in total. The van der Waals surface area contributed by atoms with Gasteiger partial charge in [0.25, 0.3) is 0 Å². The van der Waals surface area contributed by atoms with Gasteiger partial charge in [-0.2, -0.15) is 4.98 Å². The summed E-state index contributed by atoms with van der Waals surface area (Å²) in [7, 11) is 1.61. The topological polar surface area (TPSA) is 37.4 Å². The van der Waals surface area contributed by atoms with Crippen molar-refractivity contribution in [1.29, 1.82) is 0 Å². The average Bonchev–Trinajstić information content (AvgIpc) is 2.30. The fourth-order valence-electron chi connectivity index (χ4n) is 1.87. The molecule has 5 heteroatoms. The number of nitrogens with zero attached hydrogens (tertiary/aromatic N) is 2. The van der Waals surface area contributed by atoms with Crippen LogP contribution < -0.4 is 15.0 Å². The molecule has 1 aromatic rings. The fraction of sp³-hybridized carbons (Fsp3) is 0.545. The third-order valence-electron chi connectivity index (χ3n) is 2.68. The van der Waals surface area contributed by atoms with E-state index in [1.807, 2.05) is 6.07 Å². The third-order valence-corrected chi connectivity index (χ3v) is 2.97. The third kappa shape index (κ3) is 2.39. The molecule has 0 radical (unpaired) electrons. The highest BCUT2D eigenvalue weighted by atomic mass is 35.5. The number of aromatic nitrogens is 1. The zero-order chi connectivity index (χ0) is 11.5. The van der Waals surface area contributed by atoms with Crippen LogP contribution >= 0.6 is 11.6 Å². The van der Waals surface area contributed by atoms with Crippen LogP contribution in [0, 0.1) is 0 Å². The molecule has 1 aromatic heterocycles. The van der Waals surface area contributed by atoms with Gasteiger partial charge in [-0.15, -0.1) is 0 Å². The van der Waals surface area contributed by atoms with Crippen molar-refractivity contribution in [3.63, 3.8) is 0 Å². The SMILES string of the molecule is COc1ccc(Cl)c(N2CCN[C@H](C)C2)n1. The standard InChI is InChI=1S/C11H16ClN3O/c1-8-7-15(6-5-13-8)11-9(12)3-4-10(14-11)16-2/h3-4,8,13H,5-7H2,1-2H3/t8-/m1/s1. The van der Waals surface area contributed by atoms with Gasteiger partial charge in [0.1, 0.15) is 0 Å². The second-order valence-electron chi connectivity index (χ2n) is 3.96. The Morgan fingerprint density at radius 1 is 1.56 bits per heavy atom. The van der Waals surface area contributed by atoms with Crippen LogP contribution in [0.4, 0.5) is 5.82 Å². The van der Waals surface area contributed by atoms with Crippen molar-refractivity contribution in [3.05, 3.63) is 17.2 Å². The molecular formula is C11H16ClN3O. The number of piperazine rings is 1. The smallest absolute Gasteiger partial charge is 0.214 e. The zero-order valence-corrected chi connectivity index (χ0v) is 10.3. The molecule has 1 aliphatic heterocycles. The van der Waals surface area contributed by atoms with Crippen LogP contribution in [0.3, 0.4) is 0 Å². The normalized spacial score (nSPS) is 20.9. The van der Waals surface area contributed by atoms with Gasteiger partial charge in [0.05, 0.1) is 12.1 Å². The minimum Gasteiger partial charge on any atom is -0.481 e. The molecule has 88 valence electrons. The Balaban J connectivity index is 2.24. The van der Waals surface area contributed by atoms with Crippen molar-refractivity contribution >= 4 is 17.4 Å². The molecule has 1 fully saturated rings. The minimum absolute atomic E-state index is 0.456. The van der Waals surface area contributed by atoms with Crippen LogP contribution in [0.15, 0.2) is 12.1 Å². The molecule has 0 bridgehead atoms. The van der Waals surface area contributed by atoms with Crippen LogP contribution in [0.5, 0.6) is 5.88 Å². The van der Waals surface area contributed by atoms with Crippen molar-refractivity contribution in [2.45, 2.75) is 13.0 Å². The molecule has 0 spiro atoms. The molecule has 0 amide bonds. The van der Waals surface area contributed by atoms with Gasteiger partial charge in [0.15, 0.2) is 5.82 Å². The van der Waals surface area contributed by atoms with E-state index in [4.69, 9.17) is 16.3 Å². The van der Waals surface area contributed by atoms with Crippen molar-refractivity contribution in [1.82, 2.24) is 10.3 Å². The van der Waals surface area contributed by atoms with Gasteiger partial charge < -0.3 is 15.0 Å². The van der Waals surface area contributed by atoms with E-state index in [1.54, 1.807) is 13.2 Å². The zero-order valence-electron chi connectivity index (χ0n) is 9.53. The van der Waals surface area contributed by atoms with Crippen LogP contribution in [-0.2, 0) is 0 Å². The lowest BCUT2D eigenvalue weighted by Gasteiger charge is -2.33. The molecule has 2 heterocycles. The van der Waals surface area contributed by atoms with E-state index in [0.717, 1.165) is 25.5 Å². The number of anilines is 1. The summed E-state index contributed by atoms with van der Waals surface area (Å²) >= 11 is 6.15. The molecule has 2 rings (SSSR count). The van der Waals surface area contributed by atoms with Crippen molar-refractivity contribution in [3.8, 4) is 5.88 Å². The lowest BCUT2D eigenvalue weighted by molar-refractivity contribution is 0.396. The number of hydrogen-bond donors (Lipinski definition) is 1. The molecule has 0 aromatic carbocycles. The number of pyridine rings is 1. The van der Waals surface area contributed by atoms with Crippen LogP contribution in [0.1, 0.15) is 6.92 Å². The second-order valence-corrected chi connectivity index (χ2v) is 4.37.